The minimum absolute atomic E-state index is 0.107. The number of aliphatic hydroxyl groups is 4. The van der Waals surface area contributed by atoms with E-state index in [0.717, 1.165) is 32.6 Å². The zero-order valence-corrected chi connectivity index (χ0v) is 22.2. The summed E-state index contributed by atoms with van der Waals surface area (Å²) in [5.41, 5.74) is -1.02. The molecule has 15 heteroatoms. The van der Waals surface area contributed by atoms with E-state index < -0.39 is 56.3 Å². The second-order valence-electron chi connectivity index (χ2n) is 10.4. The molecule has 3 heterocycles. The Labute approximate surface area is 219 Å². The Kier molecular flexibility index (Phi) is 8.17. The third-order valence-corrected chi connectivity index (χ3v) is 8.18. The molecule has 0 bridgehead atoms. The normalized spacial score (nSPS) is 26.3. The van der Waals surface area contributed by atoms with Gasteiger partial charge >= 0.3 is 7.60 Å². The summed E-state index contributed by atoms with van der Waals surface area (Å²) in [7, 11) is -4.86. The van der Waals surface area contributed by atoms with E-state index in [4.69, 9.17) is 9.47 Å². The van der Waals surface area contributed by atoms with Crippen molar-refractivity contribution in [3.05, 3.63) is 12.0 Å². The molecular formula is C23H34N5O9P. The fraction of sp³-hybridized carbons (Fsp3) is 0.696. The monoisotopic (exact) mass is 555 g/mol. The highest BCUT2D eigenvalue weighted by atomic mass is 31.2. The topological polar surface area (TPSA) is 213 Å². The standard InChI is InChI=1S/C23H34N5O9P/c1-22(2,32)9-8-16-26-19(25-13-6-4-5-7-13)14-10-24-28(20(14)27-16)21-18(31)17(30)15(37-21)11-36-23(3,12-29)38(33,34)35/h10,13,15,17-18,21,29-32H,4-7,11-12H2,1-3H3,(H,25,26,27)(H2,33,34,35)/t15-,17-,18-,21-,23-/m1/s1. The Morgan fingerprint density at radius 1 is 1.21 bits per heavy atom. The molecule has 1 saturated carbocycles. The first-order valence-electron chi connectivity index (χ1n) is 12.3. The molecule has 2 aromatic rings. The first-order chi connectivity index (χ1) is 17.7. The van der Waals surface area contributed by atoms with Crippen molar-refractivity contribution in [1.82, 2.24) is 19.7 Å². The van der Waals surface area contributed by atoms with Gasteiger partial charge in [-0.15, -0.1) is 0 Å². The maximum absolute atomic E-state index is 11.7. The van der Waals surface area contributed by atoms with Crippen LogP contribution in [0.3, 0.4) is 0 Å². The number of hydrogen-bond donors (Lipinski definition) is 7. The molecule has 0 unspecified atom stereocenters. The van der Waals surface area contributed by atoms with Crippen LogP contribution in [0.2, 0.25) is 0 Å². The molecule has 5 atom stereocenters. The molecule has 0 aromatic carbocycles. The first kappa shape index (κ1) is 28.8. The van der Waals surface area contributed by atoms with Crippen molar-refractivity contribution in [2.45, 2.75) is 88.0 Å². The lowest BCUT2D eigenvalue weighted by molar-refractivity contribution is -0.104. The van der Waals surface area contributed by atoms with E-state index in [1.54, 1.807) is 0 Å². The molecule has 2 fully saturated rings. The highest BCUT2D eigenvalue weighted by Gasteiger charge is 2.48. The number of nitrogens with zero attached hydrogens (tertiary/aromatic N) is 4. The minimum Gasteiger partial charge on any atom is -0.393 e. The lowest BCUT2D eigenvalue weighted by Gasteiger charge is -2.29. The molecule has 4 rings (SSSR count). The van der Waals surface area contributed by atoms with Crippen molar-refractivity contribution in [1.29, 1.82) is 0 Å². The van der Waals surface area contributed by atoms with Gasteiger partial charge in [-0.2, -0.15) is 5.10 Å². The fourth-order valence-electron chi connectivity index (χ4n) is 4.30. The summed E-state index contributed by atoms with van der Waals surface area (Å²) in [6.45, 7) is 2.60. The predicted octanol–water partition coefficient (Wildman–Crippen LogP) is -0.175. The van der Waals surface area contributed by atoms with Gasteiger partial charge in [0.2, 0.25) is 5.82 Å². The highest BCUT2D eigenvalue weighted by molar-refractivity contribution is 7.53. The first-order valence-corrected chi connectivity index (χ1v) is 13.9. The molecule has 2 aromatic heterocycles. The number of rotatable bonds is 8. The van der Waals surface area contributed by atoms with Crippen LogP contribution >= 0.6 is 7.60 Å². The summed E-state index contributed by atoms with van der Waals surface area (Å²) in [4.78, 5) is 28.0. The Bertz CT molecular complexity index is 1260. The second-order valence-corrected chi connectivity index (χ2v) is 12.4. The quantitative estimate of drug-likeness (QED) is 0.167. The van der Waals surface area contributed by atoms with Gasteiger partial charge in [-0.05, 0) is 39.5 Å². The number of hydrogen-bond acceptors (Lipinski definition) is 11. The molecule has 38 heavy (non-hydrogen) atoms. The van der Waals surface area contributed by atoms with Crippen LogP contribution in [-0.2, 0) is 14.0 Å². The van der Waals surface area contributed by atoms with Crippen LogP contribution in [0.4, 0.5) is 5.82 Å². The molecule has 1 aliphatic heterocycles. The Morgan fingerprint density at radius 3 is 2.50 bits per heavy atom. The maximum atomic E-state index is 11.7. The number of fused-ring (bicyclic) bond motifs is 1. The summed E-state index contributed by atoms with van der Waals surface area (Å²) in [5.74, 6) is 6.03. The van der Waals surface area contributed by atoms with Crippen LogP contribution in [0.5, 0.6) is 0 Å². The van der Waals surface area contributed by atoms with Crippen LogP contribution in [0, 0.1) is 11.8 Å². The summed E-state index contributed by atoms with van der Waals surface area (Å²) in [5, 5.41) is 46.9. The van der Waals surface area contributed by atoms with E-state index in [-0.39, 0.29) is 17.5 Å². The van der Waals surface area contributed by atoms with Crippen LogP contribution in [0.25, 0.3) is 11.0 Å². The van der Waals surface area contributed by atoms with Crippen LogP contribution in [0.15, 0.2) is 6.20 Å². The van der Waals surface area contributed by atoms with E-state index in [2.05, 4.69) is 32.2 Å². The van der Waals surface area contributed by atoms with Crippen molar-refractivity contribution >= 4 is 24.4 Å². The SMILES string of the molecule is CC(C)(O)C#Cc1nc(NC2CCCC2)c2cnn([C@@H]3O[C@H](CO[C@@](C)(CO)P(=O)(O)O)[C@@H](O)[C@H]3O)c2n1. The molecule has 7 N–H and O–H groups in total. The number of anilines is 1. The molecule has 0 spiro atoms. The highest BCUT2D eigenvalue weighted by Crippen LogP contribution is 2.51. The van der Waals surface area contributed by atoms with E-state index in [9.17, 15) is 34.8 Å². The largest absolute Gasteiger partial charge is 0.393 e. The van der Waals surface area contributed by atoms with Gasteiger partial charge in [0.05, 0.1) is 24.8 Å². The van der Waals surface area contributed by atoms with Crippen molar-refractivity contribution in [2.75, 3.05) is 18.5 Å². The average Bonchev–Trinajstić information content (AvgIpc) is 3.56. The molecule has 1 saturated heterocycles. The number of aliphatic hydroxyl groups excluding tert-OH is 3. The second kappa shape index (κ2) is 10.8. The Hall–Kier alpha value is -2.18. The van der Waals surface area contributed by atoms with E-state index in [1.165, 1.54) is 24.7 Å². The molecule has 210 valence electrons. The van der Waals surface area contributed by atoms with Gasteiger partial charge < -0.3 is 45.0 Å². The lowest BCUT2D eigenvalue weighted by atomic mass is 10.1. The van der Waals surface area contributed by atoms with Gasteiger partial charge in [0.15, 0.2) is 17.2 Å². The minimum atomic E-state index is -4.86. The molecule has 0 radical (unpaired) electrons. The van der Waals surface area contributed by atoms with Crippen molar-refractivity contribution < 1.29 is 44.3 Å². The number of aromatic nitrogens is 4. The molecule has 2 aliphatic rings. The summed E-state index contributed by atoms with van der Waals surface area (Å²) < 4.78 is 24.1. The van der Waals surface area contributed by atoms with Crippen molar-refractivity contribution in [3.8, 4) is 11.8 Å². The van der Waals surface area contributed by atoms with Gasteiger partial charge in [-0.25, -0.2) is 14.6 Å². The van der Waals surface area contributed by atoms with E-state index >= 15 is 0 Å². The molecule has 14 nitrogen and oxygen atoms in total. The number of ether oxygens (including phenoxy) is 2. The van der Waals surface area contributed by atoms with E-state index in [0.29, 0.717) is 11.2 Å². The zero-order valence-electron chi connectivity index (χ0n) is 21.4. The van der Waals surface area contributed by atoms with Crippen LogP contribution in [0.1, 0.15) is 58.5 Å². The molecule has 0 amide bonds. The summed E-state index contributed by atoms with van der Waals surface area (Å²) in [6.07, 6.45) is 0.237. The molecule has 1 aliphatic carbocycles. The summed E-state index contributed by atoms with van der Waals surface area (Å²) >= 11 is 0. The average molecular weight is 556 g/mol. The van der Waals surface area contributed by atoms with Gasteiger partial charge in [-0.3, -0.25) is 4.57 Å². The van der Waals surface area contributed by atoms with Gasteiger partial charge in [0.1, 0.15) is 29.7 Å². The lowest BCUT2D eigenvalue weighted by Crippen LogP contribution is -2.39. The Morgan fingerprint density at radius 2 is 1.89 bits per heavy atom. The number of nitrogens with one attached hydrogen (secondary N) is 1. The van der Waals surface area contributed by atoms with E-state index in [1.807, 2.05) is 0 Å². The Balaban J connectivity index is 1.65. The van der Waals surface area contributed by atoms with Crippen molar-refractivity contribution in [3.63, 3.8) is 0 Å². The van der Waals surface area contributed by atoms with Crippen LogP contribution < -0.4 is 5.32 Å². The third kappa shape index (κ3) is 6.02. The maximum Gasteiger partial charge on any atom is 0.359 e. The van der Waals surface area contributed by atoms with Gasteiger partial charge in [-0.1, -0.05) is 18.8 Å². The predicted molar refractivity (Wildman–Crippen MR) is 134 cm³/mol. The fourth-order valence-corrected chi connectivity index (χ4v) is 4.73. The third-order valence-electron chi connectivity index (χ3n) is 6.68. The zero-order chi connectivity index (χ0) is 27.9. The molecular weight excluding hydrogens is 521 g/mol. The van der Waals surface area contributed by atoms with Gasteiger partial charge in [0, 0.05) is 6.04 Å². The smallest absolute Gasteiger partial charge is 0.359 e. The summed E-state index contributed by atoms with van der Waals surface area (Å²) in [6, 6.07) is 0.207. The van der Waals surface area contributed by atoms with Crippen LogP contribution in [-0.4, -0.2) is 98.5 Å². The van der Waals surface area contributed by atoms with Gasteiger partial charge in [0.25, 0.3) is 0 Å². The van der Waals surface area contributed by atoms with Crippen molar-refractivity contribution in [2.24, 2.45) is 0 Å².